The molecular weight excluding hydrogens is 1630 g/mol. The number of fused-ring (bicyclic) bond motifs is 4. The SMILES string of the molecule is C.COB(OC)c1c(C)cc(C)cc1C.Cc1cc(C)c(B2c3cc(Cl)ccc3N(c3ccccc3)c3cc4c(cc32)B(c2c(C)cc(C)cc2C)c2ccc(F)cc2N4c2ccccc2)c(C)c1.Fc1ccc(Br)c(N(c2ccccc2)c2cc(N(c3ccccc3)c3ccc(Cl)cc3Br)c(Br)cc2Br)c1. The topological polar surface area (TPSA) is 31.4 Å². The van der Waals surface area contributed by atoms with Gasteiger partial charge in [0.1, 0.15) is 11.6 Å². The molecule has 2 heterocycles. The van der Waals surface area contributed by atoms with Gasteiger partial charge in [-0.05, 0) is 287 Å². The highest BCUT2D eigenvalue weighted by Gasteiger charge is 2.43. The lowest BCUT2D eigenvalue weighted by Crippen LogP contribution is -2.63. The Balaban J connectivity index is 0.000000175. The molecule has 17 heteroatoms. The molecule has 0 bridgehead atoms. The Hall–Kier alpha value is -8.47. The zero-order valence-corrected chi connectivity index (χ0v) is 68.5. The molecular formula is C90H79B3Br4Cl2F2N4O2. The highest BCUT2D eigenvalue weighted by atomic mass is 79.9. The summed E-state index contributed by atoms with van der Waals surface area (Å²) in [4.78, 5) is 8.82. The monoisotopic (exact) mass is 1700 g/mol. The minimum Gasteiger partial charge on any atom is -0.410 e. The van der Waals surface area contributed by atoms with E-state index in [0.29, 0.717) is 15.7 Å². The first-order valence-corrected chi connectivity index (χ1v) is 38.8. The lowest BCUT2D eigenvalue weighted by Gasteiger charge is -2.42. The van der Waals surface area contributed by atoms with E-state index in [1.807, 2.05) is 108 Å². The van der Waals surface area contributed by atoms with Crippen molar-refractivity contribution in [2.75, 3.05) is 33.8 Å². The molecule has 0 unspecified atom stereocenters. The Morgan fingerprint density at radius 2 is 0.729 bits per heavy atom. The number of nitrogens with zero attached hydrogens (tertiary/aromatic N) is 4. The normalized spacial score (nSPS) is 11.8. The second kappa shape index (κ2) is 33.6. The van der Waals surface area contributed by atoms with Crippen molar-refractivity contribution in [3.05, 3.63) is 344 Å². The summed E-state index contributed by atoms with van der Waals surface area (Å²) in [7, 11) is 3.07. The lowest BCUT2D eigenvalue weighted by molar-refractivity contribution is 0.291. The Morgan fingerprint density at radius 1 is 0.346 bits per heavy atom. The van der Waals surface area contributed by atoms with E-state index in [9.17, 15) is 4.39 Å². The first kappa shape index (κ1) is 78.1. The molecule has 0 radical (unpaired) electrons. The third-order valence-corrected chi connectivity index (χ3v) is 22.7. The zero-order chi connectivity index (χ0) is 74.9. The molecule has 6 nitrogen and oxygen atoms in total. The van der Waals surface area contributed by atoms with Crippen LogP contribution in [0.25, 0.3) is 0 Å². The van der Waals surface area contributed by atoms with E-state index in [2.05, 4.69) is 262 Å². The predicted octanol–water partition coefficient (Wildman–Crippen LogP) is 23.6. The average Bonchev–Trinajstić information content (AvgIpc) is 0.702. The van der Waals surface area contributed by atoms with Crippen molar-refractivity contribution in [2.24, 2.45) is 0 Å². The summed E-state index contributed by atoms with van der Waals surface area (Å²) in [5.41, 5.74) is 30.8. The van der Waals surface area contributed by atoms with E-state index in [1.54, 1.807) is 32.4 Å². The molecule has 0 aliphatic carbocycles. The van der Waals surface area contributed by atoms with Crippen molar-refractivity contribution in [1.82, 2.24) is 0 Å². The summed E-state index contributed by atoms with van der Waals surface area (Å²) in [5.74, 6) is -0.581. The van der Waals surface area contributed by atoms with E-state index in [0.717, 1.165) is 91.4 Å². The van der Waals surface area contributed by atoms with E-state index >= 15 is 4.39 Å². The number of aryl methyl sites for hydroxylation is 9. The third kappa shape index (κ3) is 16.0. The number of hydrogen-bond acceptors (Lipinski definition) is 6. The quantitative estimate of drug-likeness (QED) is 0.107. The number of hydrogen-bond donors (Lipinski definition) is 0. The van der Waals surface area contributed by atoms with Crippen LogP contribution in [0.3, 0.4) is 0 Å². The van der Waals surface area contributed by atoms with Crippen molar-refractivity contribution in [1.29, 1.82) is 0 Å². The highest BCUT2D eigenvalue weighted by Crippen LogP contribution is 2.50. The van der Waals surface area contributed by atoms with Gasteiger partial charge in [-0.25, -0.2) is 8.78 Å². The van der Waals surface area contributed by atoms with Crippen molar-refractivity contribution >= 4 is 214 Å². The molecule has 107 heavy (non-hydrogen) atoms. The molecule has 13 aromatic carbocycles. The van der Waals surface area contributed by atoms with Crippen LogP contribution >= 0.6 is 86.9 Å². The van der Waals surface area contributed by atoms with Gasteiger partial charge in [-0.1, -0.05) is 213 Å². The number of rotatable bonds is 13. The van der Waals surface area contributed by atoms with Crippen molar-refractivity contribution in [2.45, 2.75) is 69.7 Å². The molecule has 536 valence electrons. The predicted molar refractivity (Wildman–Crippen MR) is 470 cm³/mol. The summed E-state index contributed by atoms with van der Waals surface area (Å²) in [6.07, 6.45) is 0. The van der Waals surface area contributed by atoms with Crippen LogP contribution in [0, 0.1) is 73.9 Å². The van der Waals surface area contributed by atoms with Gasteiger partial charge in [-0.3, -0.25) is 0 Å². The van der Waals surface area contributed by atoms with Gasteiger partial charge in [-0.2, -0.15) is 0 Å². The Morgan fingerprint density at radius 3 is 1.21 bits per heavy atom. The summed E-state index contributed by atoms with van der Waals surface area (Å²) in [5, 5.41) is 1.35. The fourth-order valence-corrected chi connectivity index (χ4v) is 18.5. The second-order valence-electron chi connectivity index (χ2n) is 27.1. The number of anilines is 12. The summed E-state index contributed by atoms with van der Waals surface area (Å²) in [6, 6.07) is 85.4. The molecule has 13 aromatic rings. The standard InChI is InChI=1S/C48H40B2ClFN2.C30H18Br4ClFN2.C11H17BO2.CH4/c1-29-21-31(3)47(32(4)22-29)49-39-19-18-36(52)26-44(39)54(38-15-11-8-12-16-38)46-28-45-42(27-41(46)49)50(48-33(5)23-30(2)24-34(48)6)40-25-35(51)17-20-43(40)53(45)37-13-9-7-10-14-37;31-23-13-12-20(36)16-28(23)38(22-9-5-2-6-10-22)30-18-29(25(33)17-26(30)34)37(21-7-3-1-4-8-21)27-14-11-19(35)15-24(27)32;1-8-6-9(2)11(10(3)7-8)12(13-4)14-5;/h7-28H,1-6H3;1-18H;6-7H,1-5H3;1H4. The van der Waals surface area contributed by atoms with Gasteiger partial charge in [0.15, 0.2) is 0 Å². The van der Waals surface area contributed by atoms with Gasteiger partial charge in [0.25, 0.3) is 0 Å². The lowest BCUT2D eigenvalue weighted by atomic mass is 9.30. The van der Waals surface area contributed by atoms with Crippen LogP contribution in [-0.2, 0) is 9.31 Å². The number of benzene rings is 13. The van der Waals surface area contributed by atoms with E-state index < -0.39 is 0 Å². The maximum absolute atomic E-state index is 15.6. The first-order valence-electron chi connectivity index (χ1n) is 34.9. The van der Waals surface area contributed by atoms with Crippen molar-refractivity contribution in [3.8, 4) is 0 Å². The van der Waals surface area contributed by atoms with Crippen LogP contribution in [0.15, 0.2) is 273 Å². The van der Waals surface area contributed by atoms with E-state index in [4.69, 9.17) is 32.5 Å². The fraction of sp³-hybridized carbons (Fsp3) is 0.133. The van der Waals surface area contributed by atoms with E-state index in [-0.39, 0.29) is 39.6 Å². The van der Waals surface area contributed by atoms with Crippen molar-refractivity contribution in [3.63, 3.8) is 0 Å². The Bertz CT molecular complexity index is 5390. The third-order valence-electron chi connectivity index (χ3n) is 19.7. The maximum atomic E-state index is 15.6. The molecule has 0 aromatic heterocycles. The van der Waals surface area contributed by atoms with Crippen molar-refractivity contribution < 1.29 is 18.1 Å². The van der Waals surface area contributed by atoms with Gasteiger partial charge >= 0.3 is 7.12 Å². The van der Waals surface area contributed by atoms with Crippen LogP contribution in [0.5, 0.6) is 0 Å². The smallest absolute Gasteiger partial charge is 0.410 e. The molecule has 0 amide bonds. The summed E-state index contributed by atoms with van der Waals surface area (Å²) in [6.45, 7) is 19.3. The average molecular weight is 1710 g/mol. The number of halogens is 8. The summed E-state index contributed by atoms with van der Waals surface area (Å²) >= 11 is 28.1. The Labute approximate surface area is 674 Å². The highest BCUT2D eigenvalue weighted by molar-refractivity contribution is 9.11. The first-order chi connectivity index (χ1) is 51.0. The molecule has 0 atom stereocenters. The molecule has 2 aliphatic heterocycles. The molecule has 0 N–H and O–H groups in total. The molecule has 0 spiro atoms. The minimum absolute atomic E-state index is 0. The van der Waals surface area contributed by atoms with Crippen LogP contribution in [-0.4, -0.2) is 34.8 Å². The summed E-state index contributed by atoms with van der Waals surface area (Å²) < 4.78 is 43.9. The molecule has 0 saturated heterocycles. The van der Waals surface area contributed by atoms with Gasteiger partial charge in [0.2, 0.25) is 13.4 Å². The molecule has 2 aliphatic rings. The Kier molecular flexibility index (Phi) is 24.5. The van der Waals surface area contributed by atoms with Crippen LogP contribution in [0.1, 0.15) is 57.5 Å². The molecule has 15 rings (SSSR count). The van der Waals surface area contributed by atoms with E-state index in [1.165, 1.54) is 89.5 Å². The second-order valence-corrected chi connectivity index (χ2v) is 31.4. The van der Waals surface area contributed by atoms with Gasteiger partial charge in [0, 0.05) is 87.7 Å². The zero-order valence-electron chi connectivity index (χ0n) is 60.6. The maximum Gasteiger partial charge on any atom is 0.493 e. The van der Waals surface area contributed by atoms with Crippen LogP contribution < -0.4 is 57.8 Å². The fourth-order valence-electron chi connectivity index (χ4n) is 15.7. The minimum atomic E-state index is -0.325. The largest absolute Gasteiger partial charge is 0.493 e. The molecule has 0 fully saturated rings. The van der Waals surface area contributed by atoms with Crippen LogP contribution in [0.2, 0.25) is 10.0 Å². The molecule has 0 saturated carbocycles. The van der Waals surface area contributed by atoms with Gasteiger partial charge in [-0.15, -0.1) is 0 Å². The number of para-hydroxylation sites is 4. The van der Waals surface area contributed by atoms with Gasteiger partial charge in [0.05, 0.1) is 22.7 Å². The van der Waals surface area contributed by atoms with Crippen LogP contribution in [0.4, 0.5) is 77.0 Å². The van der Waals surface area contributed by atoms with Gasteiger partial charge < -0.3 is 28.9 Å².